The van der Waals surface area contributed by atoms with Crippen molar-refractivity contribution in [2.75, 3.05) is 0 Å². The Bertz CT molecular complexity index is 505. The Morgan fingerprint density at radius 1 is 1.19 bits per heavy atom. The summed E-state index contributed by atoms with van der Waals surface area (Å²) in [6.07, 6.45) is -2.85. The first-order valence-electron chi connectivity index (χ1n) is 6.08. The minimum atomic E-state index is -2.03. The van der Waals surface area contributed by atoms with Crippen LogP contribution in [0.15, 0.2) is 30.3 Å². The van der Waals surface area contributed by atoms with Crippen LogP contribution in [0.1, 0.15) is 12.5 Å². The fourth-order valence-electron chi connectivity index (χ4n) is 1.33. The van der Waals surface area contributed by atoms with Crippen molar-refractivity contribution in [1.82, 2.24) is 10.6 Å². The molecule has 8 nitrogen and oxygen atoms in total. The third-order valence-corrected chi connectivity index (χ3v) is 2.45. The average molecular weight is 296 g/mol. The third-order valence-electron chi connectivity index (χ3n) is 2.45. The quantitative estimate of drug-likeness (QED) is 0.540. The van der Waals surface area contributed by atoms with Gasteiger partial charge in [0, 0.05) is 0 Å². The highest BCUT2D eigenvalue weighted by Gasteiger charge is 2.21. The molecule has 1 rings (SSSR count). The molecular formula is C13H16N2O6. The second kappa shape index (κ2) is 7.85. The van der Waals surface area contributed by atoms with Gasteiger partial charge in [-0.15, -0.1) is 0 Å². The third kappa shape index (κ3) is 5.91. The summed E-state index contributed by atoms with van der Waals surface area (Å²) in [6.45, 7) is 1.37. The van der Waals surface area contributed by atoms with E-state index in [0.29, 0.717) is 0 Å². The highest BCUT2D eigenvalue weighted by Crippen LogP contribution is 2.00. The van der Waals surface area contributed by atoms with Crippen LogP contribution in [-0.4, -0.2) is 40.5 Å². The summed E-state index contributed by atoms with van der Waals surface area (Å²) in [5.41, 5.74) is 0.783. The molecule has 1 unspecified atom stereocenters. The lowest BCUT2D eigenvalue weighted by atomic mass is 10.2. The normalized spacial score (nSPS) is 12.9. The minimum absolute atomic E-state index is 0.0404. The van der Waals surface area contributed by atoms with Gasteiger partial charge in [0.05, 0.1) is 0 Å². The van der Waals surface area contributed by atoms with Gasteiger partial charge in [0.1, 0.15) is 12.6 Å². The van der Waals surface area contributed by atoms with Crippen molar-refractivity contribution in [3.05, 3.63) is 35.9 Å². The van der Waals surface area contributed by atoms with Crippen molar-refractivity contribution in [3.63, 3.8) is 0 Å². The van der Waals surface area contributed by atoms with E-state index in [1.165, 1.54) is 6.92 Å². The number of carboxylic acid groups (broad SMARTS) is 1. The first kappa shape index (κ1) is 16.4. The Labute approximate surface area is 120 Å². The van der Waals surface area contributed by atoms with Gasteiger partial charge in [-0.2, -0.15) is 0 Å². The summed E-state index contributed by atoms with van der Waals surface area (Å²) < 4.78 is 4.89. The predicted octanol–water partition coefficient (Wildman–Crippen LogP) is -0.180. The van der Waals surface area contributed by atoms with Crippen LogP contribution in [0.3, 0.4) is 0 Å². The van der Waals surface area contributed by atoms with Crippen LogP contribution in [-0.2, 0) is 20.9 Å². The molecule has 0 spiro atoms. The molecular weight excluding hydrogens is 280 g/mol. The van der Waals surface area contributed by atoms with Crippen LogP contribution in [0.2, 0.25) is 0 Å². The zero-order valence-electron chi connectivity index (χ0n) is 11.3. The van der Waals surface area contributed by atoms with Crippen molar-refractivity contribution >= 4 is 18.0 Å². The molecule has 0 bridgehead atoms. The van der Waals surface area contributed by atoms with E-state index in [4.69, 9.17) is 14.9 Å². The van der Waals surface area contributed by atoms with E-state index in [0.717, 1.165) is 5.56 Å². The molecule has 0 radical (unpaired) electrons. The Balaban J connectivity index is 2.36. The standard InChI is InChI=1S/C13H16N2O6/c1-8(10(16)15-11(17)12(18)19)14-13(20)21-7-9-5-3-2-4-6-9/h2-6,8,11,17H,7H2,1H3,(H,14,20)(H,15,16)(H,18,19)/t8-,11?/m0/s1. The van der Waals surface area contributed by atoms with Gasteiger partial charge in [0.15, 0.2) is 0 Å². The molecule has 0 aliphatic rings. The summed E-state index contributed by atoms with van der Waals surface area (Å²) in [5, 5.41) is 21.4. The second-order valence-corrected chi connectivity index (χ2v) is 4.18. The maximum atomic E-state index is 11.5. The molecule has 21 heavy (non-hydrogen) atoms. The van der Waals surface area contributed by atoms with Gasteiger partial charge in [0.25, 0.3) is 0 Å². The predicted molar refractivity (Wildman–Crippen MR) is 71.0 cm³/mol. The van der Waals surface area contributed by atoms with E-state index < -0.39 is 30.2 Å². The molecule has 0 aliphatic carbocycles. The van der Waals surface area contributed by atoms with Crippen LogP contribution in [0, 0.1) is 0 Å². The van der Waals surface area contributed by atoms with Gasteiger partial charge < -0.3 is 25.6 Å². The monoisotopic (exact) mass is 296 g/mol. The van der Waals surface area contributed by atoms with Crippen LogP contribution >= 0.6 is 0 Å². The number of aliphatic hydroxyl groups excluding tert-OH is 1. The summed E-state index contributed by atoms with van der Waals surface area (Å²) in [7, 11) is 0. The largest absolute Gasteiger partial charge is 0.478 e. The number of carbonyl (C=O) groups excluding carboxylic acids is 2. The highest BCUT2D eigenvalue weighted by atomic mass is 16.5. The molecule has 2 amide bonds. The van der Waals surface area contributed by atoms with E-state index in [1.54, 1.807) is 29.6 Å². The summed E-state index contributed by atoms with van der Waals surface area (Å²) >= 11 is 0. The summed E-state index contributed by atoms with van der Waals surface area (Å²) in [5.74, 6) is -2.44. The number of hydrogen-bond acceptors (Lipinski definition) is 5. The number of alkyl carbamates (subject to hydrolysis) is 1. The van der Waals surface area contributed by atoms with E-state index in [2.05, 4.69) is 5.32 Å². The number of benzene rings is 1. The number of aliphatic carboxylic acids is 1. The lowest BCUT2D eigenvalue weighted by molar-refractivity contribution is -0.151. The fourth-order valence-corrected chi connectivity index (χ4v) is 1.33. The first-order valence-corrected chi connectivity index (χ1v) is 6.08. The number of rotatable bonds is 6. The second-order valence-electron chi connectivity index (χ2n) is 4.18. The van der Waals surface area contributed by atoms with Gasteiger partial charge >= 0.3 is 12.1 Å². The summed E-state index contributed by atoms with van der Waals surface area (Å²) in [4.78, 5) is 33.3. The van der Waals surface area contributed by atoms with Crippen LogP contribution in [0.25, 0.3) is 0 Å². The van der Waals surface area contributed by atoms with Gasteiger partial charge in [-0.3, -0.25) is 4.79 Å². The van der Waals surface area contributed by atoms with E-state index in [1.807, 2.05) is 6.07 Å². The van der Waals surface area contributed by atoms with Gasteiger partial charge in [-0.1, -0.05) is 30.3 Å². The number of aliphatic hydroxyl groups is 1. The van der Waals surface area contributed by atoms with E-state index in [9.17, 15) is 14.4 Å². The zero-order chi connectivity index (χ0) is 15.8. The Kier molecular flexibility index (Phi) is 6.15. The van der Waals surface area contributed by atoms with Crippen molar-refractivity contribution in [2.45, 2.75) is 25.8 Å². The molecule has 8 heteroatoms. The van der Waals surface area contributed by atoms with Gasteiger partial charge in [0.2, 0.25) is 12.1 Å². The molecule has 4 N–H and O–H groups in total. The van der Waals surface area contributed by atoms with E-state index in [-0.39, 0.29) is 6.61 Å². The minimum Gasteiger partial charge on any atom is -0.478 e. The average Bonchev–Trinajstić information content (AvgIpc) is 2.45. The molecule has 2 atom stereocenters. The SMILES string of the molecule is C[C@H](NC(=O)OCc1ccccc1)C(=O)NC(O)C(=O)O. The molecule has 114 valence electrons. The molecule has 1 aromatic rings. The van der Waals surface area contributed by atoms with Crippen molar-refractivity contribution < 1.29 is 29.3 Å². The summed E-state index contributed by atoms with van der Waals surface area (Å²) in [6, 6.07) is 7.89. The van der Waals surface area contributed by atoms with Gasteiger partial charge in [-0.05, 0) is 12.5 Å². The number of ether oxygens (including phenoxy) is 1. The van der Waals surface area contributed by atoms with Crippen LogP contribution < -0.4 is 10.6 Å². The molecule has 0 aromatic heterocycles. The van der Waals surface area contributed by atoms with E-state index >= 15 is 0 Å². The number of hydrogen-bond donors (Lipinski definition) is 4. The first-order chi connectivity index (χ1) is 9.90. The Hall–Kier alpha value is -2.61. The molecule has 1 aromatic carbocycles. The van der Waals surface area contributed by atoms with Crippen molar-refractivity contribution in [1.29, 1.82) is 0 Å². The van der Waals surface area contributed by atoms with Crippen molar-refractivity contribution in [3.8, 4) is 0 Å². The maximum Gasteiger partial charge on any atom is 0.408 e. The lowest BCUT2D eigenvalue weighted by Crippen LogP contribution is -2.50. The van der Waals surface area contributed by atoms with Crippen molar-refractivity contribution in [2.24, 2.45) is 0 Å². The zero-order valence-corrected chi connectivity index (χ0v) is 11.3. The Morgan fingerprint density at radius 2 is 1.81 bits per heavy atom. The number of nitrogens with one attached hydrogen (secondary N) is 2. The smallest absolute Gasteiger partial charge is 0.408 e. The molecule has 0 saturated carbocycles. The van der Waals surface area contributed by atoms with Gasteiger partial charge in [-0.25, -0.2) is 9.59 Å². The number of carboxylic acids is 1. The lowest BCUT2D eigenvalue weighted by Gasteiger charge is -2.15. The fraction of sp³-hybridized carbons (Fsp3) is 0.308. The highest BCUT2D eigenvalue weighted by molar-refractivity contribution is 5.88. The van der Waals surface area contributed by atoms with Crippen LogP contribution in [0.4, 0.5) is 4.79 Å². The molecule has 0 saturated heterocycles. The Morgan fingerprint density at radius 3 is 2.38 bits per heavy atom. The topological polar surface area (TPSA) is 125 Å². The molecule has 0 fully saturated rings. The number of carbonyl (C=O) groups is 3. The van der Waals surface area contributed by atoms with Crippen LogP contribution in [0.5, 0.6) is 0 Å². The maximum absolute atomic E-state index is 11.5. The molecule has 0 aliphatic heterocycles. The number of amides is 2. The molecule has 0 heterocycles.